The SMILES string of the molecule is C=CC(=O)OCC(COC(=O)C=C)(COC(=O)CCS(=O)(=O)CCN(C)CC)COC(=O)C(CC)S(=O)(=O)CCN(CC)CC. The fraction of sp³-hybridized carbons (Fsp3) is 0.724. The third-order valence-corrected chi connectivity index (χ3v) is 10.8. The number of carbonyl (C=O) groups excluding carboxylic acids is 4. The van der Waals surface area contributed by atoms with E-state index in [0.29, 0.717) is 19.6 Å². The van der Waals surface area contributed by atoms with E-state index >= 15 is 0 Å². The van der Waals surface area contributed by atoms with Crippen molar-refractivity contribution < 1.29 is 55.0 Å². The number of hydrogen-bond donors (Lipinski definition) is 0. The molecule has 260 valence electrons. The molecule has 0 spiro atoms. The Kier molecular flexibility index (Phi) is 19.7. The van der Waals surface area contributed by atoms with Crippen molar-refractivity contribution in [2.75, 3.05) is 83.5 Å². The second-order valence-electron chi connectivity index (χ2n) is 10.5. The summed E-state index contributed by atoms with van der Waals surface area (Å²) >= 11 is 0. The van der Waals surface area contributed by atoms with Crippen LogP contribution in [0.5, 0.6) is 0 Å². The fourth-order valence-corrected chi connectivity index (χ4v) is 6.68. The monoisotopic (exact) mass is 682 g/mol. The Labute approximate surface area is 267 Å². The van der Waals surface area contributed by atoms with Crippen LogP contribution in [0.15, 0.2) is 25.3 Å². The summed E-state index contributed by atoms with van der Waals surface area (Å²) in [5, 5.41) is -1.50. The minimum Gasteiger partial charge on any atom is -0.465 e. The van der Waals surface area contributed by atoms with Gasteiger partial charge in [-0.2, -0.15) is 0 Å². The zero-order valence-electron chi connectivity index (χ0n) is 27.2. The fourth-order valence-electron chi connectivity index (χ4n) is 3.74. The molecule has 0 radical (unpaired) electrons. The average molecular weight is 683 g/mol. The van der Waals surface area contributed by atoms with Crippen molar-refractivity contribution in [2.45, 2.75) is 45.8 Å². The van der Waals surface area contributed by atoms with Gasteiger partial charge in [0.1, 0.15) is 31.8 Å². The van der Waals surface area contributed by atoms with Crippen LogP contribution in [0, 0.1) is 5.41 Å². The molecule has 0 aliphatic rings. The molecule has 0 saturated carbocycles. The number of esters is 4. The lowest BCUT2D eigenvalue weighted by Gasteiger charge is -2.32. The van der Waals surface area contributed by atoms with E-state index in [1.165, 1.54) is 6.92 Å². The van der Waals surface area contributed by atoms with Crippen molar-refractivity contribution in [3.8, 4) is 0 Å². The molecule has 1 atom stereocenters. The minimum absolute atomic E-state index is 0.0825. The first-order chi connectivity index (χ1) is 21.0. The molecule has 45 heavy (non-hydrogen) atoms. The van der Waals surface area contributed by atoms with Gasteiger partial charge in [-0.15, -0.1) is 0 Å². The quantitative estimate of drug-likeness (QED) is 0.0750. The average Bonchev–Trinajstić information content (AvgIpc) is 3.02. The summed E-state index contributed by atoms with van der Waals surface area (Å²) < 4.78 is 71.7. The Morgan fingerprint density at radius 2 is 1.24 bits per heavy atom. The van der Waals surface area contributed by atoms with Gasteiger partial charge >= 0.3 is 23.9 Å². The molecule has 1 unspecified atom stereocenters. The molecule has 0 amide bonds. The van der Waals surface area contributed by atoms with Gasteiger partial charge in [0.2, 0.25) is 0 Å². The van der Waals surface area contributed by atoms with Crippen LogP contribution in [0.25, 0.3) is 0 Å². The van der Waals surface area contributed by atoms with Crippen LogP contribution in [-0.2, 0) is 57.8 Å². The summed E-state index contributed by atoms with van der Waals surface area (Å²) in [7, 11) is -5.75. The molecule has 14 nitrogen and oxygen atoms in total. The summed E-state index contributed by atoms with van der Waals surface area (Å²) in [5.41, 5.74) is -1.69. The third kappa shape index (κ3) is 16.9. The van der Waals surface area contributed by atoms with Crippen molar-refractivity contribution >= 4 is 43.6 Å². The molecule has 0 aromatic heterocycles. The molecule has 0 saturated heterocycles. The molecule has 0 aromatic rings. The maximum Gasteiger partial charge on any atom is 0.330 e. The Morgan fingerprint density at radius 1 is 0.733 bits per heavy atom. The van der Waals surface area contributed by atoms with Crippen LogP contribution in [0.1, 0.15) is 40.5 Å². The number of hydrogen-bond acceptors (Lipinski definition) is 14. The van der Waals surface area contributed by atoms with Crippen LogP contribution in [0.2, 0.25) is 0 Å². The second-order valence-corrected chi connectivity index (χ2v) is 15.1. The van der Waals surface area contributed by atoms with E-state index in [1.54, 1.807) is 11.9 Å². The van der Waals surface area contributed by atoms with Gasteiger partial charge < -0.3 is 28.7 Å². The van der Waals surface area contributed by atoms with Crippen LogP contribution in [-0.4, -0.2) is 139 Å². The summed E-state index contributed by atoms with van der Waals surface area (Å²) in [6, 6.07) is 0. The number of ether oxygens (including phenoxy) is 4. The van der Waals surface area contributed by atoms with E-state index < -0.39 is 92.8 Å². The summed E-state index contributed by atoms with van der Waals surface area (Å²) in [6.45, 7) is 13.7. The summed E-state index contributed by atoms with van der Waals surface area (Å²) in [4.78, 5) is 53.2. The highest BCUT2D eigenvalue weighted by Gasteiger charge is 2.40. The van der Waals surface area contributed by atoms with Crippen LogP contribution in [0.4, 0.5) is 0 Å². The zero-order valence-corrected chi connectivity index (χ0v) is 28.8. The van der Waals surface area contributed by atoms with E-state index in [9.17, 15) is 36.0 Å². The highest BCUT2D eigenvalue weighted by atomic mass is 32.2. The number of rotatable bonds is 25. The van der Waals surface area contributed by atoms with E-state index in [2.05, 4.69) is 13.2 Å². The topological polar surface area (TPSA) is 180 Å². The van der Waals surface area contributed by atoms with Crippen molar-refractivity contribution in [3.63, 3.8) is 0 Å². The standard InChI is InChI=1S/C29H50N2O12S2/c1-8-24(45(38,39)19-16-31(12-5)13-6)28(35)43-23-29(20-40-25(32)9-2,21-41-26(33)10-3)22-42-27(34)14-17-44(36,37)18-15-30(7)11-4/h9-10,24H,2-3,8,11-23H2,1,4-7H3. The van der Waals surface area contributed by atoms with Gasteiger partial charge in [0.05, 0.1) is 23.7 Å². The molecule has 0 aliphatic heterocycles. The van der Waals surface area contributed by atoms with Gasteiger partial charge in [-0.25, -0.2) is 26.4 Å². The van der Waals surface area contributed by atoms with Gasteiger partial charge in [0.15, 0.2) is 24.9 Å². The first-order valence-corrected chi connectivity index (χ1v) is 18.3. The maximum absolute atomic E-state index is 13.1. The van der Waals surface area contributed by atoms with E-state index in [0.717, 1.165) is 12.2 Å². The molecule has 0 bridgehead atoms. The van der Waals surface area contributed by atoms with E-state index in [4.69, 9.17) is 18.9 Å². The number of sulfone groups is 2. The Balaban J connectivity index is 5.94. The molecule has 0 fully saturated rings. The predicted molar refractivity (Wildman–Crippen MR) is 169 cm³/mol. The second kappa shape index (κ2) is 21.1. The Hall–Kier alpha value is -2.82. The highest BCUT2D eigenvalue weighted by Crippen LogP contribution is 2.23. The van der Waals surface area contributed by atoms with Crippen molar-refractivity contribution in [3.05, 3.63) is 25.3 Å². The van der Waals surface area contributed by atoms with Gasteiger partial charge in [0, 0.05) is 25.2 Å². The smallest absolute Gasteiger partial charge is 0.330 e. The summed E-state index contributed by atoms with van der Waals surface area (Å²) in [6.07, 6.45) is 1.14. The first kappa shape index (κ1) is 42.2. The normalized spacial score (nSPS) is 12.8. The Morgan fingerprint density at radius 3 is 1.71 bits per heavy atom. The van der Waals surface area contributed by atoms with Crippen molar-refractivity contribution in [2.24, 2.45) is 5.41 Å². The molecule has 16 heteroatoms. The van der Waals surface area contributed by atoms with Gasteiger partial charge in [-0.05, 0) is 33.1 Å². The number of carbonyl (C=O) groups is 4. The molecule has 0 aliphatic carbocycles. The lowest BCUT2D eigenvalue weighted by molar-refractivity contribution is -0.167. The highest BCUT2D eigenvalue weighted by molar-refractivity contribution is 7.92. The largest absolute Gasteiger partial charge is 0.465 e. The van der Waals surface area contributed by atoms with Crippen LogP contribution < -0.4 is 0 Å². The van der Waals surface area contributed by atoms with E-state index in [1.807, 2.05) is 25.7 Å². The van der Waals surface area contributed by atoms with Gasteiger partial charge in [-0.3, -0.25) is 9.59 Å². The molecular formula is C29H50N2O12S2. The summed E-state index contributed by atoms with van der Waals surface area (Å²) in [5.74, 6) is -4.70. The van der Waals surface area contributed by atoms with Crippen molar-refractivity contribution in [1.82, 2.24) is 9.80 Å². The van der Waals surface area contributed by atoms with Crippen LogP contribution in [0.3, 0.4) is 0 Å². The first-order valence-electron chi connectivity index (χ1n) is 14.8. The van der Waals surface area contributed by atoms with E-state index in [-0.39, 0.29) is 31.0 Å². The lowest BCUT2D eigenvalue weighted by Crippen LogP contribution is -2.45. The van der Waals surface area contributed by atoms with Gasteiger partial charge in [0.25, 0.3) is 0 Å². The predicted octanol–water partition coefficient (Wildman–Crippen LogP) is 0.809. The maximum atomic E-state index is 13.1. The lowest BCUT2D eigenvalue weighted by atomic mass is 9.92. The van der Waals surface area contributed by atoms with Crippen LogP contribution >= 0.6 is 0 Å². The Bertz CT molecular complexity index is 1170. The zero-order chi connectivity index (χ0) is 34.7. The molecular weight excluding hydrogens is 632 g/mol. The molecule has 0 rings (SSSR count). The molecule has 0 N–H and O–H groups in total. The molecule has 0 aromatic carbocycles. The third-order valence-electron chi connectivity index (χ3n) is 7.03. The molecule has 0 heterocycles. The minimum atomic E-state index is -3.93. The number of nitrogens with zero attached hydrogens (tertiary/aromatic N) is 2. The van der Waals surface area contributed by atoms with Gasteiger partial charge in [-0.1, -0.05) is 40.9 Å². The van der Waals surface area contributed by atoms with Crippen molar-refractivity contribution in [1.29, 1.82) is 0 Å².